The molecular weight excluding hydrogens is 246 g/mol. The molecular formula is C14H19NO4. The first-order valence-corrected chi connectivity index (χ1v) is 6.33. The maximum Gasteiger partial charge on any atom is 0.317 e. The monoisotopic (exact) mass is 265 g/mol. The molecule has 0 spiro atoms. The number of rotatable bonds is 5. The molecule has 2 rings (SSSR count). The van der Waals surface area contributed by atoms with Crippen molar-refractivity contribution in [1.82, 2.24) is 4.90 Å². The molecule has 0 aliphatic carbocycles. The van der Waals surface area contributed by atoms with Gasteiger partial charge in [0.25, 0.3) is 0 Å². The average Bonchev–Trinajstić information content (AvgIpc) is 2.85. The summed E-state index contributed by atoms with van der Waals surface area (Å²) in [5, 5.41) is 8.94. The van der Waals surface area contributed by atoms with Crippen LogP contribution in [0.3, 0.4) is 0 Å². The molecule has 0 saturated carbocycles. The van der Waals surface area contributed by atoms with Crippen molar-refractivity contribution in [2.75, 3.05) is 27.3 Å². The van der Waals surface area contributed by atoms with Crippen molar-refractivity contribution in [3.8, 4) is 11.5 Å². The Hall–Kier alpha value is -1.75. The zero-order valence-electron chi connectivity index (χ0n) is 11.3. The van der Waals surface area contributed by atoms with Gasteiger partial charge < -0.3 is 14.6 Å². The van der Waals surface area contributed by atoms with Crippen molar-refractivity contribution < 1.29 is 19.4 Å². The van der Waals surface area contributed by atoms with Gasteiger partial charge in [-0.2, -0.15) is 0 Å². The molecule has 1 aliphatic heterocycles. The Labute approximate surface area is 112 Å². The van der Waals surface area contributed by atoms with Crippen LogP contribution in [0.4, 0.5) is 0 Å². The number of methoxy groups -OCH3 is 2. The highest BCUT2D eigenvalue weighted by atomic mass is 16.5. The number of benzene rings is 1. The number of nitrogens with zero attached hydrogens (tertiary/aromatic N) is 1. The van der Waals surface area contributed by atoms with E-state index >= 15 is 0 Å². The van der Waals surface area contributed by atoms with E-state index in [1.54, 1.807) is 14.2 Å². The second-order valence-corrected chi connectivity index (χ2v) is 4.64. The maximum absolute atomic E-state index is 10.9. The number of ether oxygens (including phenoxy) is 2. The molecule has 1 aromatic carbocycles. The molecule has 0 radical (unpaired) electrons. The highest BCUT2D eigenvalue weighted by molar-refractivity contribution is 5.69. The summed E-state index contributed by atoms with van der Waals surface area (Å²) < 4.78 is 10.5. The van der Waals surface area contributed by atoms with Crippen molar-refractivity contribution in [1.29, 1.82) is 0 Å². The summed E-state index contributed by atoms with van der Waals surface area (Å²) in [6.07, 6.45) is 2.00. The van der Waals surface area contributed by atoms with Gasteiger partial charge in [0.2, 0.25) is 0 Å². The number of hydrogen-bond acceptors (Lipinski definition) is 4. The first-order chi connectivity index (χ1) is 9.15. The molecule has 0 bridgehead atoms. The van der Waals surface area contributed by atoms with Crippen molar-refractivity contribution in [3.63, 3.8) is 0 Å². The third kappa shape index (κ3) is 2.98. The quantitative estimate of drug-likeness (QED) is 0.881. The predicted octanol–water partition coefficient (Wildman–Crippen LogP) is 1.93. The molecule has 5 heteroatoms. The van der Waals surface area contributed by atoms with Crippen molar-refractivity contribution in [2.45, 2.75) is 18.9 Å². The average molecular weight is 265 g/mol. The minimum atomic E-state index is -0.785. The molecule has 0 unspecified atom stereocenters. The number of likely N-dealkylation sites (tertiary alicyclic amines) is 1. The van der Waals surface area contributed by atoms with Gasteiger partial charge in [-0.1, -0.05) is 6.07 Å². The zero-order valence-corrected chi connectivity index (χ0v) is 11.3. The fourth-order valence-electron chi connectivity index (χ4n) is 2.63. The summed E-state index contributed by atoms with van der Waals surface area (Å²) in [6, 6.07) is 5.93. The van der Waals surface area contributed by atoms with Gasteiger partial charge in [-0.25, -0.2) is 0 Å². The van der Waals surface area contributed by atoms with Crippen molar-refractivity contribution >= 4 is 5.97 Å². The SMILES string of the molecule is COc1ccc([C@H]2CCCN2CC(=O)O)cc1OC. The van der Waals surface area contributed by atoms with Gasteiger partial charge in [-0.05, 0) is 37.1 Å². The molecule has 1 saturated heterocycles. The van der Waals surface area contributed by atoms with E-state index in [1.807, 2.05) is 23.1 Å². The van der Waals surface area contributed by atoms with Crippen LogP contribution in [-0.2, 0) is 4.79 Å². The second-order valence-electron chi connectivity index (χ2n) is 4.64. The van der Waals surface area contributed by atoms with Crippen LogP contribution < -0.4 is 9.47 Å². The van der Waals surface area contributed by atoms with Gasteiger partial charge in [0.05, 0.1) is 20.8 Å². The minimum absolute atomic E-state index is 0.0824. The van der Waals surface area contributed by atoms with Crippen LogP contribution in [0.2, 0.25) is 0 Å². The Kier molecular flexibility index (Phi) is 4.27. The van der Waals surface area contributed by atoms with Gasteiger partial charge in [0, 0.05) is 6.04 Å². The molecule has 0 amide bonds. The number of aliphatic carboxylic acids is 1. The number of carboxylic acids is 1. The first-order valence-electron chi connectivity index (χ1n) is 6.33. The normalized spacial score (nSPS) is 19.4. The van der Waals surface area contributed by atoms with Gasteiger partial charge >= 0.3 is 5.97 Å². The van der Waals surface area contributed by atoms with E-state index in [9.17, 15) is 4.79 Å². The van der Waals surface area contributed by atoms with Gasteiger partial charge in [-0.15, -0.1) is 0 Å². The lowest BCUT2D eigenvalue weighted by atomic mass is 10.0. The fourth-order valence-corrected chi connectivity index (χ4v) is 2.63. The summed E-state index contributed by atoms with van der Waals surface area (Å²) in [4.78, 5) is 12.9. The Morgan fingerprint density at radius 2 is 2.11 bits per heavy atom. The zero-order chi connectivity index (χ0) is 13.8. The third-order valence-electron chi connectivity index (χ3n) is 3.49. The molecule has 1 heterocycles. The topological polar surface area (TPSA) is 59.0 Å². The molecule has 0 aromatic heterocycles. The lowest BCUT2D eigenvalue weighted by molar-refractivity contribution is -0.138. The molecule has 1 fully saturated rings. The van der Waals surface area contributed by atoms with Crippen LogP contribution in [-0.4, -0.2) is 43.3 Å². The first kappa shape index (κ1) is 13.7. The van der Waals surface area contributed by atoms with E-state index in [-0.39, 0.29) is 12.6 Å². The number of hydrogen-bond donors (Lipinski definition) is 1. The van der Waals surface area contributed by atoms with Gasteiger partial charge in [-0.3, -0.25) is 9.69 Å². The maximum atomic E-state index is 10.9. The summed E-state index contributed by atoms with van der Waals surface area (Å²) in [6.45, 7) is 0.907. The molecule has 1 aliphatic rings. The van der Waals surface area contributed by atoms with E-state index in [0.29, 0.717) is 11.5 Å². The van der Waals surface area contributed by atoms with Crippen LogP contribution >= 0.6 is 0 Å². The van der Waals surface area contributed by atoms with Crippen molar-refractivity contribution in [3.05, 3.63) is 23.8 Å². The Bertz CT molecular complexity index is 461. The molecule has 1 aromatic rings. The van der Waals surface area contributed by atoms with E-state index in [2.05, 4.69) is 0 Å². The lowest BCUT2D eigenvalue weighted by Gasteiger charge is -2.23. The van der Waals surface area contributed by atoms with Crippen LogP contribution in [0.25, 0.3) is 0 Å². The minimum Gasteiger partial charge on any atom is -0.493 e. The van der Waals surface area contributed by atoms with Crippen LogP contribution in [0.15, 0.2) is 18.2 Å². The molecule has 104 valence electrons. The smallest absolute Gasteiger partial charge is 0.317 e. The second kappa shape index (κ2) is 5.93. The molecule has 19 heavy (non-hydrogen) atoms. The van der Waals surface area contributed by atoms with Crippen LogP contribution in [0.1, 0.15) is 24.4 Å². The Balaban J connectivity index is 2.23. The third-order valence-corrected chi connectivity index (χ3v) is 3.49. The summed E-state index contributed by atoms with van der Waals surface area (Å²) in [5.74, 6) is 0.587. The van der Waals surface area contributed by atoms with Gasteiger partial charge in [0.15, 0.2) is 11.5 Å². The standard InChI is InChI=1S/C14H19NO4/c1-18-12-6-5-10(8-13(12)19-2)11-4-3-7-15(11)9-14(16)17/h5-6,8,11H,3-4,7,9H2,1-2H3,(H,16,17)/t11-/m1/s1. The van der Waals surface area contributed by atoms with E-state index in [0.717, 1.165) is 24.9 Å². The van der Waals surface area contributed by atoms with Crippen LogP contribution in [0.5, 0.6) is 11.5 Å². The predicted molar refractivity (Wildman–Crippen MR) is 70.7 cm³/mol. The van der Waals surface area contributed by atoms with Crippen molar-refractivity contribution in [2.24, 2.45) is 0 Å². The highest BCUT2D eigenvalue weighted by Gasteiger charge is 2.28. The molecule has 5 nitrogen and oxygen atoms in total. The summed E-state index contributed by atoms with van der Waals surface area (Å²) in [7, 11) is 3.20. The van der Waals surface area contributed by atoms with E-state index < -0.39 is 5.97 Å². The summed E-state index contributed by atoms with van der Waals surface area (Å²) >= 11 is 0. The highest BCUT2D eigenvalue weighted by Crippen LogP contribution is 2.36. The molecule has 1 N–H and O–H groups in total. The fraction of sp³-hybridized carbons (Fsp3) is 0.500. The van der Waals surface area contributed by atoms with E-state index in [4.69, 9.17) is 14.6 Å². The Morgan fingerprint density at radius 1 is 1.37 bits per heavy atom. The molecule has 1 atom stereocenters. The summed E-state index contributed by atoms with van der Waals surface area (Å²) in [5.41, 5.74) is 1.08. The number of carbonyl (C=O) groups is 1. The Morgan fingerprint density at radius 3 is 2.74 bits per heavy atom. The number of carboxylic acid groups (broad SMARTS) is 1. The van der Waals surface area contributed by atoms with Gasteiger partial charge in [0.1, 0.15) is 0 Å². The largest absolute Gasteiger partial charge is 0.493 e. The lowest BCUT2D eigenvalue weighted by Crippen LogP contribution is -2.29. The van der Waals surface area contributed by atoms with E-state index in [1.165, 1.54) is 0 Å². The van der Waals surface area contributed by atoms with Crippen LogP contribution in [0, 0.1) is 0 Å².